The molecule has 0 radical (unpaired) electrons. The number of pyridine rings is 1. The largest absolute Gasteiger partial charge is 0.387 e. The van der Waals surface area contributed by atoms with E-state index in [0.717, 1.165) is 5.56 Å². The fourth-order valence-electron chi connectivity index (χ4n) is 2.33. The van der Waals surface area contributed by atoms with Crippen molar-refractivity contribution in [3.63, 3.8) is 0 Å². The quantitative estimate of drug-likeness (QED) is 0.661. The summed E-state index contributed by atoms with van der Waals surface area (Å²) in [5.41, 5.74) is 1.45. The number of aliphatic hydroxyl groups is 1. The van der Waals surface area contributed by atoms with Crippen molar-refractivity contribution in [2.24, 2.45) is 0 Å². The standard InChI is InChI=1S/C18H17ClN4O3/c19-14-3-1-2-13(10-14)15(24)11-21-16(25)4-5-17-22-18(23-26-17)12-6-8-20-9-7-12/h1-3,6-10,15,24H,4-5,11H2,(H,21,25). The molecule has 2 heterocycles. The Morgan fingerprint density at radius 1 is 1.27 bits per heavy atom. The fraction of sp³-hybridized carbons (Fsp3) is 0.222. The molecule has 1 amide bonds. The molecule has 0 saturated carbocycles. The van der Waals surface area contributed by atoms with Gasteiger partial charge in [-0.2, -0.15) is 4.98 Å². The number of hydrogen-bond donors (Lipinski definition) is 2. The first-order valence-electron chi connectivity index (χ1n) is 8.05. The van der Waals surface area contributed by atoms with E-state index < -0.39 is 6.10 Å². The SMILES string of the molecule is O=C(CCc1nc(-c2ccncc2)no1)NCC(O)c1cccc(Cl)c1. The molecule has 26 heavy (non-hydrogen) atoms. The molecule has 1 aromatic carbocycles. The highest BCUT2D eigenvalue weighted by Gasteiger charge is 2.13. The minimum atomic E-state index is -0.820. The second-order valence-corrected chi connectivity index (χ2v) is 6.06. The van der Waals surface area contributed by atoms with Gasteiger partial charge >= 0.3 is 0 Å². The van der Waals surface area contributed by atoms with E-state index in [1.807, 2.05) is 0 Å². The Kier molecular flexibility index (Phi) is 5.93. The van der Waals surface area contributed by atoms with Crippen LogP contribution in [0.1, 0.15) is 24.0 Å². The second kappa shape index (κ2) is 8.55. The van der Waals surface area contributed by atoms with Crippen LogP contribution in [0.5, 0.6) is 0 Å². The zero-order valence-electron chi connectivity index (χ0n) is 13.8. The van der Waals surface area contributed by atoms with Crippen molar-refractivity contribution in [1.82, 2.24) is 20.4 Å². The van der Waals surface area contributed by atoms with Crippen LogP contribution in [0.25, 0.3) is 11.4 Å². The topological polar surface area (TPSA) is 101 Å². The Morgan fingerprint density at radius 3 is 2.85 bits per heavy atom. The summed E-state index contributed by atoms with van der Waals surface area (Å²) in [5.74, 6) is 0.622. The molecule has 0 fully saturated rings. The van der Waals surface area contributed by atoms with Crippen LogP contribution in [0.15, 0.2) is 53.3 Å². The number of hydrogen-bond acceptors (Lipinski definition) is 6. The van der Waals surface area contributed by atoms with Gasteiger partial charge in [0.2, 0.25) is 17.6 Å². The van der Waals surface area contributed by atoms with Gasteiger partial charge in [-0.3, -0.25) is 9.78 Å². The van der Waals surface area contributed by atoms with Gasteiger partial charge in [0.1, 0.15) is 0 Å². The Morgan fingerprint density at radius 2 is 2.08 bits per heavy atom. The van der Waals surface area contributed by atoms with Crippen molar-refractivity contribution < 1.29 is 14.4 Å². The molecule has 7 nitrogen and oxygen atoms in total. The number of amides is 1. The summed E-state index contributed by atoms with van der Waals surface area (Å²) >= 11 is 5.89. The molecule has 3 rings (SSSR count). The van der Waals surface area contributed by atoms with Crippen LogP contribution >= 0.6 is 11.6 Å². The number of carbonyl (C=O) groups excluding carboxylic acids is 1. The molecule has 0 bridgehead atoms. The molecular weight excluding hydrogens is 356 g/mol. The molecule has 0 spiro atoms. The van der Waals surface area contributed by atoms with E-state index in [4.69, 9.17) is 16.1 Å². The lowest BCUT2D eigenvalue weighted by atomic mass is 10.1. The molecule has 0 aliphatic heterocycles. The van der Waals surface area contributed by atoms with Gasteiger partial charge in [-0.15, -0.1) is 0 Å². The number of nitrogens with one attached hydrogen (secondary N) is 1. The Labute approximate surface area is 155 Å². The number of benzene rings is 1. The van der Waals surface area contributed by atoms with Crippen molar-refractivity contribution in [3.8, 4) is 11.4 Å². The molecular formula is C18H17ClN4O3. The first kappa shape index (κ1) is 18.0. The van der Waals surface area contributed by atoms with E-state index in [1.54, 1.807) is 48.8 Å². The number of aliphatic hydroxyl groups excluding tert-OH is 1. The number of halogens is 1. The Hall–Kier alpha value is -2.77. The minimum absolute atomic E-state index is 0.102. The van der Waals surface area contributed by atoms with Crippen molar-refractivity contribution >= 4 is 17.5 Å². The van der Waals surface area contributed by atoms with Gasteiger partial charge < -0.3 is 14.9 Å². The van der Waals surface area contributed by atoms with Gasteiger partial charge in [-0.05, 0) is 29.8 Å². The van der Waals surface area contributed by atoms with Gasteiger partial charge in [0.15, 0.2) is 0 Å². The molecule has 1 atom stereocenters. The van der Waals surface area contributed by atoms with Gasteiger partial charge in [0.25, 0.3) is 0 Å². The maximum atomic E-state index is 11.9. The van der Waals surface area contributed by atoms with Crippen LogP contribution in [0.4, 0.5) is 0 Å². The van der Waals surface area contributed by atoms with Crippen LogP contribution in [-0.4, -0.2) is 32.7 Å². The summed E-state index contributed by atoms with van der Waals surface area (Å²) in [7, 11) is 0. The molecule has 134 valence electrons. The van der Waals surface area contributed by atoms with E-state index in [-0.39, 0.29) is 18.9 Å². The third-order valence-corrected chi connectivity index (χ3v) is 3.93. The number of nitrogens with zero attached hydrogens (tertiary/aromatic N) is 3. The highest BCUT2D eigenvalue weighted by Crippen LogP contribution is 2.17. The Bertz CT molecular complexity index is 870. The maximum Gasteiger partial charge on any atom is 0.227 e. The fourth-order valence-corrected chi connectivity index (χ4v) is 2.52. The average Bonchev–Trinajstić information content (AvgIpc) is 3.14. The number of aryl methyl sites for hydroxylation is 1. The van der Waals surface area contributed by atoms with Gasteiger partial charge in [0.05, 0.1) is 6.10 Å². The molecule has 2 aromatic heterocycles. The molecule has 2 N–H and O–H groups in total. The summed E-state index contributed by atoms with van der Waals surface area (Å²) in [4.78, 5) is 20.1. The highest BCUT2D eigenvalue weighted by atomic mass is 35.5. The van der Waals surface area contributed by atoms with Crippen molar-refractivity contribution in [1.29, 1.82) is 0 Å². The van der Waals surface area contributed by atoms with Crippen molar-refractivity contribution in [2.45, 2.75) is 18.9 Å². The highest BCUT2D eigenvalue weighted by molar-refractivity contribution is 6.30. The zero-order valence-corrected chi connectivity index (χ0v) is 14.6. The number of carbonyl (C=O) groups is 1. The molecule has 3 aromatic rings. The van der Waals surface area contributed by atoms with E-state index in [9.17, 15) is 9.90 Å². The lowest BCUT2D eigenvalue weighted by Gasteiger charge is -2.12. The van der Waals surface area contributed by atoms with Crippen LogP contribution in [0.2, 0.25) is 5.02 Å². The molecule has 0 saturated heterocycles. The zero-order chi connectivity index (χ0) is 18.4. The third kappa shape index (κ3) is 4.87. The van der Waals surface area contributed by atoms with Crippen LogP contribution in [0.3, 0.4) is 0 Å². The number of rotatable bonds is 7. The first-order chi connectivity index (χ1) is 12.6. The summed E-state index contributed by atoms with van der Waals surface area (Å²) in [5, 5.41) is 17.2. The summed E-state index contributed by atoms with van der Waals surface area (Å²) in [6.07, 6.45) is 2.96. The van der Waals surface area contributed by atoms with E-state index in [2.05, 4.69) is 20.4 Å². The lowest BCUT2D eigenvalue weighted by molar-refractivity contribution is -0.121. The first-order valence-corrected chi connectivity index (χ1v) is 8.43. The average molecular weight is 373 g/mol. The van der Waals surface area contributed by atoms with Gasteiger partial charge in [0, 0.05) is 42.4 Å². The van der Waals surface area contributed by atoms with E-state index >= 15 is 0 Å². The smallest absolute Gasteiger partial charge is 0.227 e. The van der Waals surface area contributed by atoms with Crippen LogP contribution in [0, 0.1) is 0 Å². The lowest BCUT2D eigenvalue weighted by Crippen LogP contribution is -2.28. The molecule has 8 heteroatoms. The van der Waals surface area contributed by atoms with Gasteiger partial charge in [-0.1, -0.05) is 28.9 Å². The number of aromatic nitrogens is 3. The Balaban J connectivity index is 1.46. The van der Waals surface area contributed by atoms with Crippen molar-refractivity contribution in [3.05, 3.63) is 65.3 Å². The monoisotopic (exact) mass is 372 g/mol. The predicted octanol–water partition coefficient (Wildman–Crippen LogP) is 2.57. The molecule has 0 aliphatic rings. The predicted molar refractivity (Wildman–Crippen MR) is 95.3 cm³/mol. The van der Waals surface area contributed by atoms with Crippen LogP contribution < -0.4 is 5.32 Å². The van der Waals surface area contributed by atoms with Gasteiger partial charge in [-0.25, -0.2) is 0 Å². The summed E-state index contributed by atoms with van der Waals surface area (Å²) in [6, 6.07) is 10.4. The maximum absolute atomic E-state index is 11.9. The molecule has 1 unspecified atom stereocenters. The molecule has 0 aliphatic carbocycles. The summed E-state index contributed by atoms with van der Waals surface area (Å²) in [6.45, 7) is 0.102. The summed E-state index contributed by atoms with van der Waals surface area (Å²) < 4.78 is 5.15. The van der Waals surface area contributed by atoms with E-state index in [1.165, 1.54) is 0 Å². The normalized spacial score (nSPS) is 11.9. The van der Waals surface area contributed by atoms with E-state index in [0.29, 0.717) is 28.7 Å². The second-order valence-electron chi connectivity index (χ2n) is 5.62. The van der Waals surface area contributed by atoms with Crippen molar-refractivity contribution in [2.75, 3.05) is 6.54 Å². The minimum Gasteiger partial charge on any atom is -0.387 e. The third-order valence-electron chi connectivity index (χ3n) is 3.70. The van der Waals surface area contributed by atoms with Crippen LogP contribution in [-0.2, 0) is 11.2 Å².